The third kappa shape index (κ3) is 4.62. The highest BCUT2D eigenvalue weighted by Gasteiger charge is 2.31. The predicted molar refractivity (Wildman–Crippen MR) is 117 cm³/mol. The first-order valence-corrected chi connectivity index (χ1v) is 11.5. The Morgan fingerprint density at radius 2 is 1.87 bits per heavy atom. The number of rotatable bonds is 2. The summed E-state index contributed by atoms with van der Waals surface area (Å²) in [6.07, 6.45) is 5.78. The van der Waals surface area contributed by atoms with Crippen molar-refractivity contribution in [2.24, 2.45) is 11.0 Å². The Labute approximate surface area is 180 Å². The highest BCUT2D eigenvalue weighted by molar-refractivity contribution is 7.14. The maximum Gasteiger partial charge on any atom is 0.251 e. The molecule has 0 aliphatic carbocycles. The molecule has 0 unspecified atom stereocenters. The van der Waals surface area contributed by atoms with E-state index in [9.17, 15) is 13.6 Å². The van der Waals surface area contributed by atoms with Gasteiger partial charge in [-0.2, -0.15) is 10.1 Å². The summed E-state index contributed by atoms with van der Waals surface area (Å²) in [5.41, 5.74) is 1.69. The summed E-state index contributed by atoms with van der Waals surface area (Å²) in [6.45, 7) is 1.74. The van der Waals surface area contributed by atoms with Crippen LogP contribution in [0, 0.1) is 17.6 Å². The van der Waals surface area contributed by atoms with Gasteiger partial charge in [0.25, 0.3) is 5.91 Å². The fraction of sp³-hybridized carbons (Fsp3) is 0.478. The molecule has 1 saturated heterocycles. The molecule has 1 aromatic carbocycles. The molecule has 160 valence electrons. The number of likely N-dealkylation sites (tertiary alicyclic amines) is 1. The molecule has 0 radical (unpaired) electrons. The minimum absolute atomic E-state index is 0.0401. The highest BCUT2D eigenvalue weighted by Crippen LogP contribution is 2.34. The summed E-state index contributed by atoms with van der Waals surface area (Å²) in [6, 6.07) is 5.48. The Hall–Kier alpha value is -2.12. The van der Waals surface area contributed by atoms with Crippen LogP contribution in [0.1, 0.15) is 49.7 Å². The molecule has 7 heteroatoms. The summed E-state index contributed by atoms with van der Waals surface area (Å²) >= 11 is 1.49. The van der Waals surface area contributed by atoms with Crippen molar-refractivity contribution in [2.75, 3.05) is 25.1 Å². The number of halogens is 2. The maximum atomic E-state index is 14.6. The van der Waals surface area contributed by atoms with Crippen molar-refractivity contribution in [2.45, 2.75) is 44.9 Å². The first-order chi connectivity index (χ1) is 14.5. The van der Waals surface area contributed by atoms with Gasteiger partial charge in [0, 0.05) is 11.5 Å². The third-order valence-electron chi connectivity index (χ3n) is 6.01. The van der Waals surface area contributed by atoms with Crippen LogP contribution in [-0.4, -0.2) is 36.7 Å². The van der Waals surface area contributed by atoms with E-state index < -0.39 is 11.6 Å². The molecular weight excluding hydrogens is 404 g/mol. The lowest BCUT2D eigenvalue weighted by atomic mass is 9.95. The van der Waals surface area contributed by atoms with E-state index in [1.807, 2.05) is 5.38 Å². The van der Waals surface area contributed by atoms with Crippen molar-refractivity contribution < 1.29 is 13.6 Å². The molecule has 0 saturated carbocycles. The second kappa shape index (κ2) is 9.35. The number of anilines is 1. The minimum Gasteiger partial charge on any atom is -0.306 e. The zero-order valence-electron chi connectivity index (χ0n) is 17.2. The second-order valence-electron chi connectivity index (χ2n) is 8.21. The van der Waals surface area contributed by atoms with Crippen molar-refractivity contribution in [1.29, 1.82) is 0 Å². The van der Waals surface area contributed by atoms with E-state index in [1.165, 1.54) is 22.4 Å². The molecule has 30 heavy (non-hydrogen) atoms. The van der Waals surface area contributed by atoms with Crippen LogP contribution in [0.3, 0.4) is 0 Å². The summed E-state index contributed by atoms with van der Waals surface area (Å²) in [7, 11) is 2.06. The Balaban J connectivity index is 1.77. The summed E-state index contributed by atoms with van der Waals surface area (Å²) < 4.78 is 28.5. The van der Waals surface area contributed by atoms with Crippen molar-refractivity contribution in [3.05, 3.63) is 52.4 Å². The summed E-state index contributed by atoms with van der Waals surface area (Å²) in [5, 5.41) is 9.01. The second-order valence-corrected chi connectivity index (χ2v) is 9.10. The molecule has 0 N–H and O–H groups in total. The van der Waals surface area contributed by atoms with Gasteiger partial charge < -0.3 is 4.90 Å². The van der Waals surface area contributed by atoms with E-state index in [0.29, 0.717) is 12.1 Å². The van der Waals surface area contributed by atoms with E-state index in [2.05, 4.69) is 18.0 Å². The van der Waals surface area contributed by atoms with Gasteiger partial charge in [-0.15, -0.1) is 11.3 Å². The molecular formula is C23H27F2N3OS. The van der Waals surface area contributed by atoms with Gasteiger partial charge in [-0.25, -0.2) is 8.78 Å². The van der Waals surface area contributed by atoms with Gasteiger partial charge in [0.1, 0.15) is 16.6 Å². The molecule has 1 amide bonds. The Kier molecular flexibility index (Phi) is 6.58. The predicted octanol–water partition coefficient (Wildman–Crippen LogP) is 5.22. The van der Waals surface area contributed by atoms with E-state index in [1.54, 1.807) is 0 Å². The van der Waals surface area contributed by atoms with Gasteiger partial charge in [-0.3, -0.25) is 4.79 Å². The largest absolute Gasteiger partial charge is 0.306 e. The molecule has 2 aromatic rings. The molecule has 4 rings (SSSR count). The Morgan fingerprint density at radius 1 is 1.10 bits per heavy atom. The smallest absolute Gasteiger partial charge is 0.251 e. The first-order valence-electron chi connectivity index (χ1n) is 10.6. The zero-order chi connectivity index (χ0) is 21.1. The van der Waals surface area contributed by atoms with Gasteiger partial charge in [-0.05, 0) is 93.9 Å². The molecule has 2 aliphatic heterocycles. The fourth-order valence-electron chi connectivity index (χ4n) is 4.19. The summed E-state index contributed by atoms with van der Waals surface area (Å²) in [4.78, 5) is 15.8. The molecule has 4 nitrogen and oxygen atoms in total. The number of aryl methyl sites for hydroxylation is 1. The van der Waals surface area contributed by atoms with Gasteiger partial charge in [0.15, 0.2) is 0 Å². The normalized spacial score (nSPS) is 21.0. The Morgan fingerprint density at radius 3 is 2.67 bits per heavy atom. The SMILES string of the molecule is CN1CCC(C(=O)N2/N=C(/c3cc(F)ccc3F)CCCCCc3ccsc32)CC1. The van der Waals surface area contributed by atoms with Crippen molar-refractivity contribution >= 4 is 28.0 Å². The number of fused-ring (bicyclic) bond motifs is 1. The van der Waals surface area contributed by atoms with Crippen LogP contribution in [0.25, 0.3) is 0 Å². The van der Waals surface area contributed by atoms with Crippen molar-refractivity contribution in [1.82, 2.24) is 4.90 Å². The zero-order valence-corrected chi connectivity index (χ0v) is 18.1. The Bertz CT molecular complexity index is 934. The number of hydrogen-bond donors (Lipinski definition) is 0. The lowest BCUT2D eigenvalue weighted by Gasteiger charge is -2.31. The maximum absolute atomic E-state index is 14.6. The average molecular weight is 432 g/mol. The number of piperidine rings is 1. The van der Waals surface area contributed by atoms with Gasteiger partial charge in [0.2, 0.25) is 0 Å². The minimum atomic E-state index is -0.509. The molecule has 1 aromatic heterocycles. The van der Waals surface area contributed by atoms with Crippen LogP contribution in [0.4, 0.5) is 13.8 Å². The fourth-order valence-corrected chi connectivity index (χ4v) is 5.10. The highest BCUT2D eigenvalue weighted by atomic mass is 32.1. The topological polar surface area (TPSA) is 35.9 Å². The standard InChI is InChI=1S/C23H27F2N3OS/c1-27-12-9-16(10-13-27)22(29)28-23-17(11-14-30-23)5-3-2-4-6-21(26-28)19-15-18(24)7-8-20(19)25/h7-8,11,14-16H,2-6,9-10,12-13H2,1H3/b26-21+. The van der Waals surface area contributed by atoms with Crippen LogP contribution in [0.2, 0.25) is 0 Å². The lowest BCUT2D eigenvalue weighted by Crippen LogP contribution is -2.40. The average Bonchev–Trinajstić information content (AvgIpc) is 3.21. The molecule has 0 spiro atoms. The van der Waals surface area contributed by atoms with Gasteiger partial charge in [-0.1, -0.05) is 6.42 Å². The van der Waals surface area contributed by atoms with Crippen LogP contribution in [0.5, 0.6) is 0 Å². The van der Waals surface area contributed by atoms with E-state index in [-0.39, 0.29) is 17.4 Å². The van der Waals surface area contributed by atoms with Crippen molar-refractivity contribution in [3.63, 3.8) is 0 Å². The number of hydrazone groups is 1. The number of carbonyl (C=O) groups excluding carboxylic acids is 1. The number of benzene rings is 1. The van der Waals surface area contributed by atoms with Crippen LogP contribution < -0.4 is 5.01 Å². The number of carbonyl (C=O) groups is 1. The summed E-state index contributed by atoms with van der Waals surface area (Å²) in [5.74, 6) is -1.16. The number of nitrogens with zero attached hydrogens (tertiary/aromatic N) is 3. The monoisotopic (exact) mass is 431 g/mol. The van der Waals surface area contributed by atoms with Gasteiger partial charge >= 0.3 is 0 Å². The number of thiophene rings is 1. The lowest BCUT2D eigenvalue weighted by molar-refractivity contribution is -0.123. The number of hydrogen-bond acceptors (Lipinski definition) is 4. The van der Waals surface area contributed by atoms with Gasteiger partial charge in [0.05, 0.1) is 5.71 Å². The molecule has 0 bridgehead atoms. The number of amides is 1. The van der Waals surface area contributed by atoms with Crippen LogP contribution in [0.15, 0.2) is 34.7 Å². The quantitative estimate of drug-likeness (QED) is 0.653. The first kappa shape index (κ1) is 21.1. The van der Waals surface area contributed by atoms with E-state index >= 15 is 0 Å². The van der Waals surface area contributed by atoms with Crippen LogP contribution in [-0.2, 0) is 11.2 Å². The van der Waals surface area contributed by atoms with E-state index in [4.69, 9.17) is 5.10 Å². The van der Waals surface area contributed by atoms with E-state index in [0.717, 1.165) is 74.3 Å². The molecule has 0 atom stereocenters. The third-order valence-corrected chi connectivity index (χ3v) is 6.94. The molecule has 1 fully saturated rings. The molecule has 3 heterocycles. The van der Waals surface area contributed by atoms with Crippen LogP contribution >= 0.6 is 11.3 Å². The molecule has 2 aliphatic rings. The van der Waals surface area contributed by atoms with Crippen molar-refractivity contribution in [3.8, 4) is 0 Å².